The molecule has 0 fully saturated rings. The molecule has 0 bridgehead atoms. The number of carbonyl (C=O) groups excluding carboxylic acids is 2. The molecule has 0 spiro atoms. The number of hydrogen-bond donors (Lipinski definition) is 1. The Hall–Kier alpha value is -3.57. The van der Waals surface area contributed by atoms with Crippen molar-refractivity contribution in [3.05, 3.63) is 82.8 Å². The second-order valence-electron chi connectivity index (χ2n) is 9.85. The molecule has 0 unspecified atom stereocenters. The highest BCUT2D eigenvalue weighted by atomic mass is 79.9. The van der Waals surface area contributed by atoms with Crippen LogP contribution in [0.4, 0.5) is 5.69 Å². The average Bonchev–Trinajstić information content (AvgIpc) is 2.96. The minimum absolute atomic E-state index is 0.0244. The van der Waals surface area contributed by atoms with Crippen LogP contribution in [0.15, 0.2) is 82.2 Å². The van der Waals surface area contributed by atoms with Gasteiger partial charge < -0.3 is 19.7 Å². The fourth-order valence-electron chi connectivity index (χ4n) is 4.41. The van der Waals surface area contributed by atoms with Gasteiger partial charge in [0.1, 0.15) is 24.1 Å². The molecule has 1 N–H and O–H groups in total. The second-order valence-corrected chi connectivity index (χ2v) is 12.6. The van der Waals surface area contributed by atoms with Gasteiger partial charge in [0.25, 0.3) is 10.0 Å². The summed E-state index contributed by atoms with van der Waals surface area (Å²) in [6, 6.07) is 19.0. The monoisotopic (exact) mass is 659 g/mol. The second kappa shape index (κ2) is 15.1. The van der Waals surface area contributed by atoms with Crippen LogP contribution >= 0.6 is 15.9 Å². The lowest BCUT2D eigenvalue weighted by Crippen LogP contribution is -2.53. The summed E-state index contributed by atoms with van der Waals surface area (Å²) in [5.41, 5.74) is 1.03. The van der Waals surface area contributed by atoms with Gasteiger partial charge in [-0.2, -0.15) is 0 Å². The van der Waals surface area contributed by atoms with Crippen LogP contribution in [0.25, 0.3) is 0 Å². The Balaban J connectivity index is 2.07. The van der Waals surface area contributed by atoms with E-state index in [1.807, 2.05) is 33.8 Å². The first-order chi connectivity index (χ1) is 20.0. The van der Waals surface area contributed by atoms with E-state index >= 15 is 0 Å². The zero-order chi connectivity index (χ0) is 30.9. The Morgan fingerprint density at radius 1 is 0.952 bits per heavy atom. The highest BCUT2D eigenvalue weighted by Gasteiger charge is 2.34. The molecule has 226 valence electrons. The molecule has 0 aliphatic rings. The molecule has 3 aromatic rings. The Bertz CT molecular complexity index is 1450. The van der Waals surface area contributed by atoms with Crippen LogP contribution in [-0.4, -0.2) is 57.5 Å². The molecule has 0 aliphatic carbocycles. The van der Waals surface area contributed by atoms with Crippen LogP contribution in [0.3, 0.4) is 0 Å². The minimum Gasteiger partial charge on any atom is -0.497 e. The molecule has 0 heterocycles. The van der Waals surface area contributed by atoms with E-state index in [4.69, 9.17) is 9.47 Å². The molecule has 42 heavy (non-hydrogen) atoms. The van der Waals surface area contributed by atoms with Crippen molar-refractivity contribution in [2.24, 2.45) is 0 Å². The maximum Gasteiger partial charge on any atom is 0.264 e. The van der Waals surface area contributed by atoms with E-state index in [2.05, 4.69) is 21.2 Å². The number of hydrogen-bond acceptors (Lipinski definition) is 6. The van der Waals surface area contributed by atoms with Crippen molar-refractivity contribution in [1.82, 2.24) is 10.2 Å². The molecule has 9 nitrogen and oxygen atoms in total. The van der Waals surface area contributed by atoms with E-state index in [0.717, 1.165) is 14.3 Å². The number of amides is 2. The molecule has 0 saturated carbocycles. The van der Waals surface area contributed by atoms with Crippen molar-refractivity contribution >= 4 is 43.5 Å². The Labute approximate surface area is 257 Å². The molecule has 3 rings (SSSR count). The first-order valence-electron chi connectivity index (χ1n) is 13.7. The quantitative estimate of drug-likeness (QED) is 0.249. The maximum atomic E-state index is 14.2. The summed E-state index contributed by atoms with van der Waals surface area (Å²) in [4.78, 5) is 28.9. The first-order valence-corrected chi connectivity index (χ1v) is 16.0. The van der Waals surface area contributed by atoms with E-state index in [0.29, 0.717) is 24.5 Å². The van der Waals surface area contributed by atoms with Crippen LogP contribution in [0.5, 0.6) is 11.5 Å². The van der Waals surface area contributed by atoms with Gasteiger partial charge in [-0.3, -0.25) is 13.9 Å². The highest BCUT2D eigenvalue weighted by Crippen LogP contribution is 2.28. The largest absolute Gasteiger partial charge is 0.497 e. The number of rotatable bonds is 14. The smallest absolute Gasteiger partial charge is 0.264 e. The number of nitrogens with zero attached hydrogens (tertiary/aromatic N) is 2. The van der Waals surface area contributed by atoms with Gasteiger partial charge in [-0.25, -0.2) is 8.42 Å². The number of methoxy groups -OCH3 is 1. The van der Waals surface area contributed by atoms with Gasteiger partial charge in [0.15, 0.2) is 0 Å². The SMILES string of the molecule is CCOc1ccc(N(CC(=O)N(Cc2cccc(OC)c2)[C@@H](CC)C(=O)NC(C)C)S(=O)(=O)c2ccc(Br)cc2)cc1. The lowest BCUT2D eigenvalue weighted by molar-refractivity contribution is -0.140. The van der Waals surface area contributed by atoms with Gasteiger partial charge >= 0.3 is 0 Å². The third kappa shape index (κ3) is 8.48. The molecule has 2 amide bonds. The number of halogens is 1. The van der Waals surface area contributed by atoms with Crippen molar-refractivity contribution in [2.75, 3.05) is 24.6 Å². The number of sulfonamides is 1. The van der Waals surface area contributed by atoms with Crippen molar-refractivity contribution in [2.45, 2.75) is 57.6 Å². The van der Waals surface area contributed by atoms with E-state index in [1.165, 1.54) is 17.0 Å². The number of anilines is 1. The molecule has 0 aliphatic heterocycles. The summed E-state index contributed by atoms with van der Waals surface area (Å²) in [5, 5.41) is 2.89. The predicted molar refractivity (Wildman–Crippen MR) is 167 cm³/mol. The van der Waals surface area contributed by atoms with Gasteiger partial charge in [-0.15, -0.1) is 0 Å². The molecule has 0 saturated heterocycles. The van der Waals surface area contributed by atoms with Gasteiger partial charge in [0.2, 0.25) is 11.8 Å². The van der Waals surface area contributed by atoms with E-state index in [1.54, 1.807) is 61.7 Å². The standard InChI is InChI=1S/C31H38BrN3O6S/c1-6-29(31(37)33-22(3)4)34(20-23-9-8-10-27(19-23)40-5)30(36)21-35(25-13-15-26(16-14-25)41-7-2)42(38,39)28-17-11-24(32)12-18-28/h8-19,22,29H,6-7,20-21H2,1-5H3,(H,33,37)/t29-/m0/s1. The van der Waals surface area contributed by atoms with E-state index in [-0.39, 0.29) is 29.1 Å². The third-order valence-corrected chi connectivity index (χ3v) is 8.74. The number of ether oxygens (including phenoxy) is 2. The fourth-order valence-corrected chi connectivity index (χ4v) is 6.08. The summed E-state index contributed by atoms with van der Waals surface area (Å²) in [7, 11) is -2.63. The van der Waals surface area contributed by atoms with Crippen molar-refractivity contribution in [1.29, 1.82) is 0 Å². The Kier molecular flexibility index (Phi) is 11.8. The molecular formula is C31H38BrN3O6S. The molecule has 1 atom stereocenters. The number of benzene rings is 3. The van der Waals surface area contributed by atoms with Gasteiger partial charge in [-0.1, -0.05) is 35.0 Å². The minimum atomic E-state index is -4.18. The van der Waals surface area contributed by atoms with Gasteiger partial charge in [-0.05, 0) is 93.4 Å². The lowest BCUT2D eigenvalue weighted by atomic mass is 10.1. The van der Waals surface area contributed by atoms with Gasteiger partial charge in [0, 0.05) is 17.1 Å². The van der Waals surface area contributed by atoms with Crippen LogP contribution in [-0.2, 0) is 26.2 Å². The first kappa shape index (κ1) is 32.9. The lowest BCUT2D eigenvalue weighted by Gasteiger charge is -2.33. The average molecular weight is 661 g/mol. The topological polar surface area (TPSA) is 105 Å². The molecular weight excluding hydrogens is 622 g/mol. The zero-order valence-corrected chi connectivity index (χ0v) is 26.9. The van der Waals surface area contributed by atoms with Crippen molar-refractivity contribution in [3.8, 4) is 11.5 Å². The highest BCUT2D eigenvalue weighted by molar-refractivity contribution is 9.10. The Morgan fingerprint density at radius 2 is 1.62 bits per heavy atom. The number of nitrogens with one attached hydrogen (secondary N) is 1. The summed E-state index contributed by atoms with van der Waals surface area (Å²) in [5.74, 6) is 0.336. The summed E-state index contributed by atoms with van der Waals surface area (Å²) < 4.78 is 40.6. The molecule has 11 heteroatoms. The third-order valence-electron chi connectivity index (χ3n) is 6.42. The predicted octanol–water partition coefficient (Wildman–Crippen LogP) is 5.38. The van der Waals surface area contributed by atoms with Crippen LogP contribution < -0.4 is 19.1 Å². The molecule has 0 aromatic heterocycles. The van der Waals surface area contributed by atoms with Crippen molar-refractivity contribution in [3.63, 3.8) is 0 Å². The van der Waals surface area contributed by atoms with Crippen molar-refractivity contribution < 1.29 is 27.5 Å². The molecule has 3 aromatic carbocycles. The van der Waals surface area contributed by atoms with E-state index < -0.39 is 28.5 Å². The normalized spacial score (nSPS) is 12.0. The Morgan fingerprint density at radius 3 is 2.19 bits per heavy atom. The fraction of sp³-hybridized carbons (Fsp3) is 0.355. The summed E-state index contributed by atoms with van der Waals surface area (Å²) >= 11 is 3.34. The van der Waals surface area contributed by atoms with Crippen LogP contribution in [0, 0.1) is 0 Å². The maximum absolute atomic E-state index is 14.2. The van der Waals surface area contributed by atoms with E-state index in [9.17, 15) is 18.0 Å². The van der Waals surface area contributed by atoms with Gasteiger partial charge in [0.05, 0.1) is 24.3 Å². The summed E-state index contributed by atoms with van der Waals surface area (Å²) in [6.45, 7) is 7.37. The zero-order valence-electron chi connectivity index (χ0n) is 24.5. The molecule has 0 radical (unpaired) electrons. The van der Waals surface area contributed by atoms with Crippen LogP contribution in [0.1, 0.15) is 39.7 Å². The number of carbonyl (C=O) groups is 2. The van der Waals surface area contributed by atoms with Crippen LogP contribution in [0.2, 0.25) is 0 Å². The summed E-state index contributed by atoms with van der Waals surface area (Å²) in [6.07, 6.45) is 0.330.